The molecule has 5 nitrogen and oxygen atoms in total. The molecule has 2 N–H and O–H groups in total. The van der Waals surface area contributed by atoms with Crippen LogP contribution in [0.15, 0.2) is 52.8 Å². The molecule has 0 aliphatic carbocycles. The fourth-order valence-electron chi connectivity index (χ4n) is 2.57. The van der Waals surface area contributed by atoms with E-state index in [9.17, 15) is 4.79 Å². The summed E-state index contributed by atoms with van der Waals surface area (Å²) in [7, 11) is 3.05. The van der Waals surface area contributed by atoms with Crippen molar-refractivity contribution in [3.8, 4) is 0 Å². The number of nitrogens with one attached hydrogen (secondary N) is 2. The molecule has 0 unspecified atom stereocenters. The molecule has 1 aliphatic heterocycles. The van der Waals surface area contributed by atoms with Gasteiger partial charge in [0.2, 0.25) is 0 Å². The van der Waals surface area contributed by atoms with Crippen LogP contribution in [-0.4, -0.2) is 33.0 Å². The summed E-state index contributed by atoms with van der Waals surface area (Å²) >= 11 is 7.71. The third-order valence-electron chi connectivity index (χ3n) is 3.97. The number of hydrogen-bond donors (Lipinski definition) is 2. The van der Waals surface area contributed by atoms with E-state index in [0.717, 1.165) is 26.7 Å². The molecule has 0 fully saturated rings. The number of hydrogen-bond acceptors (Lipinski definition) is 5. The molecule has 0 saturated carbocycles. The number of rotatable bonds is 5. The standard InChI is InChI=1S/C19H19ClN2O3S/c1-11-14-9-13(20)5-7-16(14)26-17-6-4-12(8-15(17)22-11)19(23)21-10-18(24-2)25-3/h4-9,18,22H,1,10H2,2-3H3,(H,21,23). The highest BCUT2D eigenvalue weighted by Gasteiger charge is 2.18. The van der Waals surface area contributed by atoms with Crippen LogP contribution in [0, 0.1) is 0 Å². The zero-order valence-corrected chi connectivity index (χ0v) is 16.0. The normalized spacial score (nSPS) is 12.8. The molecule has 2 aromatic carbocycles. The fraction of sp³-hybridized carbons (Fsp3) is 0.211. The van der Waals surface area contributed by atoms with E-state index < -0.39 is 6.29 Å². The fourth-order valence-corrected chi connectivity index (χ4v) is 3.77. The van der Waals surface area contributed by atoms with Gasteiger partial charge >= 0.3 is 0 Å². The summed E-state index contributed by atoms with van der Waals surface area (Å²) in [5.41, 5.74) is 3.06. The van der Waals surface area contributed by atoms with Gasteiger partial charge in [-0.05, 0) is 36.4 Å². The monoisotopic (exact) mass is 390 g/mol. The Balaban J connectivity index is 1.82. The van der Waals surface area contributed by atoms with E-state index in [0.29, 0.717) is 10.6 Å². The van der Waals surface area contributed by atoms with Crippen LogP contribution in [0.3, 0.4) is 0 Å². The third-order valence-corrected chi connectivity index (χ3v) is 5.36. The molecule has 0 radical (unpaired) electrons. The van der Waals surface area contributed by atoms with Gasteiger partial charge in [-0.2, -0.15) is 0 Å². The van der Waals surface area contributed by atoms with Gasteiger partial charge in [-0.15, -0.1) is 0 Å². The van der Waals surface area contributed by atoms with Crippen molar-refractivity contribution < 1.29 is 14.3 Å². The van der Waals surface area contributed by atoms with Gasteiger partial charge in [-0.1, -0.05) is 29.9 Å². The van der Waals surface area contributed by atoms with Crippen molar-refractivity contribution in [3.63, 3.8) is 0 Å². The zero-order valence-electron chi connectivity index (χ0n) is 14.5. The van der Waals surface area contributed by atoms with Crippen LogP contribution >= 0.6 is 23.4 Å². The number of halogens is 1. The molecule has 2 aromatic rings. The first kappa shape index (κ1) is 18.8. The van der Waals surface area contributed by atoms with Crippen LogP contribution in [0.25, 0.3) is 5.70 Å². The summed E-state index contributed by atoms with van der Waals surface area (Å²) in [6, 6.07) is 11.2. The summed E-state index contributed by atoms with van der Waals surface area (Å²) in [6.07, 6.45) is -0.479. The number of anilines is 1. The van der Waals surface area contributed by atoms with Crippen LogP contribution in [0.1, 0.15) is 15.9 Å². The van der Waals surface area contributed by atoms with Crippen molar-refractivity contribution in [2.24, 2.45) is 0 Å². The molecule has 3 rings (SSSR count). The lowest BCUT2D eigenvalue weighted by Gasteiger charge is -2.15. The Morgan fingerprint density at radius 1 is 1.23 bits per heavy atom. The molecule has 1 aliphatic rings. The summed E-state index contributed by atoms with van der Waals surface area (Å²) in [5, 5.41) is 6.74. The molecular formula is C19H19ClN2O3S. The molecule has 0 atom stereocenters. The van der Waals surface area contributed by atoms with E-state index in [1.807, 2.05) is 30.3 Å². The Hall–Kier alpha value is -1.99. The maximum Gasteiger partial charge on any atom is 0.251 e. The molecule has 1 amide bonds. The highest BCUT2D eigenvalue weighted by Crippen LogP contribution is 2.42. The predicted octanol–water partition coefficient (Wildman–Crippen LogP) is 4.24. The summed E-state index contributed by atoms with van der Waals surface area (Å²) in [4.78, 5) is 14.5. The zero-order chi connectivity index (χ0) is 18.7. The predicted molar refractivity (Wildman–Crippen MR) is 105 cm³/mol. The lowest BCUT2D eigenvalue weighted by molar-refractivity contribution is -0.0974. The maximum absolute atomic E-state index is 12.4. The van der Waals surface area contributed by atoms with Gasteiger partial charge in [0.15, 0.2) is 6.29 Å². The lowest BCUT2D eigenvalue weighted by Crippen LogP contribution is -2.34. The average Bonchev–Trinajstić information content (AvgIpc) is 2.77. The summed E-state index contributed by atoms with van der Waals surface area (Å²) in [6.45, 7) is 4.36. The minimum Gasteiger partial charge on any atom is -0.355 e. The van der Waals surface area contributed by atoms with Crippen LogP contribution in [0.2, 0.25) is 5.02 Å². The van der Waals surface area contributed by atoms with Gasteiger partial charge in [0, 0.05) is 45.9 Å². The van der Waals surface area contributed by atoms with Crippen molar-refractivity contribution in [3.05, 3.63) is 59.1 Å². The maximum atomic E-state index is 12.4. The van der Waals surface area contributed by atoms with Crippen molar-refractivity contribution in [2.75, 3.05) is 26.1 Å². The van der Waals surface area contributed by atoms with Crippen LogP contribution in [0.4, 0.5) is 5.69 Å². The Labute approximate surface area is 161 Å². The highest BCUT2D eigenvalue weighted by molar-refractivity contribution is 7.99. The second-order valence-electron chi connectivity index (χ2n) is 5.67. The van der Waals surface area contributed by atoms with E-state index in [4.69, 9.17) is 21.1 Å². The van der Waals surface area contributed by atoms with Crippen molar-refractivity contribution >= 4 is 40.7 Å². The Kier molecular flexibility index (Phi) is 5.88. The van der Waals surface area contributed by atoms with Crippen molar-refractivity contribution in [1.29, 1.82) is 0 Å². The molecule has 26 heavy (non-hydrogen) atoms. The third kappa shape index (κ3) is 4.04. The van der Waals surface area contributed by atoms with Gasteiger partial charge in [0.05, 0.1) is 12.2 Å². The first-order valence-corrected chi connectivity index (χ1v) is 9.13. The second kappa shape index (κ2) is 8.14. The number of ether oxygens (including phenoxy) is 2. The number of amides is 1. The molecule has 7 heteroatoms. The van der Waals surface area contributed by atoms with Gasteiger partial charge in [0.25, 0.3) is 5.91 Å². The topological polar surface area (TPSA) is 59.6 Å². The number of methoxy groups -OCH3 is 2. The number of carbonyl (C=O) groups excluding carboxylic acids is 1. The number of benzene rings is 2. The van der Waals surface area contributed by atoms with Gasteiger partial charge < -0.3 is 20.1 Å². The quantitative estimate of drug-likeness (QED) is 0.748. The number of carbonyl (C=O) groups is 1. The smallest absolute Gasteiger partial charge is 0.251 e. The van der Waals surface area contributed by atoms with E-state index >= 15 is 0 Å². The van der Waals surface area contributed by atoms with Crippen molar-refractivity contribution in [2.45, 2.75) is 16.1 Å². The number of fused-ring (bicyclic) bond motifs is 2. The average molecular weight is 391 g/mol. The van der Waals surface area contributed by atoms with E-state index in [1.54, 1.807) is 17.8 Å². The largest absolute Gasteiger partial charge is 0.355 e. The second-order valence-corrected chi connectivity index (χ2v) is 7.19. The SMILES string of the molecule is C=C1Nc2cc(C(=O)NCC(OC)OC)ccc2Sc2ccc(Cl)cc21. The van der Waals surface area contributed by atoms with Gasteiger partial charge in [-0.3, -0.25) is 4.79 Å². The first-order chi connectivity index (χ1) is 12.5. The van der Waals surface area contributed by atoms with Crippen molar-refractivity contribution in [1.82, 2.24) is 5.32 Å². The Bertz CT molecular complexity index is 853. The molecule has 0 bridgehead atoms. The highest BCUT2D eigenvalue weighted by atomic mass is 35.5. The Morgan fingerprint density at radius 3 is 2.69 bits per heavy atom. The van der Waals surface area contributed by atoms with Gasteiger partial charge in [-0.25, -0.2) is 0 Å². The summed E-state index contributed by atoms with van der Waals surface area (Å²) < 4.78 is 10.2. The van der Waals surface area contributed by atoms with Crippen LogP contribution < -0.4 is 10.6 Å². The van der Waals surface area contributed by atoms with Crippen LogP contribution in [-0.2, 0) is 9.47 Å². The summed E-state index contributed by atoms with van der Waals surface area (Å²) in [5.74, 6) is -0.200. The van der Waals surface area contributed by atoms with E-state index in [-0.39, 0.29) is 12.5 Å². The molecular weight excluding hydrogens is 372 g/mol. The van der Waals surface area contributed by atoms with E-state index in [1.165, 1.54) is 14.2 Å². The molecule has 0 spiro atoms. The Morgan fingerprint density at radius 2 is 1.96 bits per heavy atom. The molecule has 0 aromatic heterocycles. The lowest BCUT2D eigenvalue weighted by atomic mass is 10.1. The van der Waals surface area contributed by atoms with Crippen LogP contribution in [0.5, 0.6) is 0 Å². The molecule has 136 valence electrons. The van der Waals surface area contributed by atoms with E-state index in [2.05, 4.69) is 17.2 Å². The minimum absolute atomic E-state index is 0.200. The first-order valence-electron chi connectivity index (χ1n) is 7.93. The molecule has 1 heterocycles. The van der Waals surface area contributed by atoms with Gasteiger partial charge in [0.1, 0.15) is 0 Å². The molecule has 0 saturated heterocycles. The minimum atomic E-state index is -0.479.